The third-order valence-electron chi connectivity index (χ3n) is 0. The van der Waals surface area contributed by atoms with Crippen molar-refractivity contribution in [1.29, 1.82) is 0 Å². The molecular formula is C8H32Na48O8+48. The molecule has 112 valence electrons. The van der Waals surface area contributed by atoms with Crippen LogP contribution in [0.3, 0.4) is 0 Å². The van der Waals surface area contributed by atoms with E-state index in [-0.39, 0.29) is 1420 Å². The maximum Gasteiger partial charge on any atom is 1.00 e. The van der Waals surface area contributed by atoms with Crippen LogP contribution in [0.15, 0.2) is 0 Å². The molecule has 64 heavy (non-hydrogen) atoms. The van der Waals surface area contributed by atoms with Gasteiger partial charge in [0.2, 0.25) is 0 Å². The first-order valence-corrected chi connectivity index (χ1v) is 3.58. The van der Waals surface area contributed by atoms with Crippen LogP contribution in [0, 0.1) is 0 Å². The minimum atomic E-state index is 0. The van der Waals surface area contributed by atoms with E-state index in [0.717, 1.165) is 56.9 Å². The van der Waals surface area contributed by atoms with E-state index >= 15 is 0 Å². The molecule has 0 heterocycles. The summed E-state index contributed by atoms with van der Waals surface area (Å²) in [6.45, 7) is 0. The van der Waals surface area contributed by atoms with E-state index in [1.54, 1.807) is 0 Å². The van der Waals surface area contributed by atoms with E-state index < -0.39 is 0 Å². The molecule has 0 aromatic rings. The third-order valence-corrected chi connectivity index (χ3v) is 0. The standard InChI is InChI=1S/8CH4O.48Na/c8*1-2;;;;;;;;;;;;;;;;;;;;;;;;;;;;;;;;;;;;;;;;;;;;;;;;/h8*2H,1H3;;;;;;;;;;;;;;;;;;;;;;;;;;;;;;;;;;;;;;;;;;;;;;;;/q;;;;;;;;48*+1. The first kappa shape index (κ1) is 441. The van der Waals surface area contributed by atoms with Crippen LogP contribution in [0.25, 0.3) is 0 Å². The number of aliphatic hydroxyl groups excluding tert-OH is 8. The molecule has 0 atom stereocenters. The third kappa shape index (κ3) is 570. The van der Waals surface area contributed by atoms with Crippen LogP contribution < -0.4 is 1420 Å². The van der Waals surface area contributed by atoms with Crippen molar-refractivity contribution >= 4 is 0 Å². The number of hydrogen-bond donors (Lipinski definition) is 8. The van der Waals surface area contributed by atoms with E-state index in [1.807, 2.05) is 0 Å². The molecule has 8 nitrogen and oxygen atoms in total. The molecule has 0 radical (unpaired) electrons. The summed E-state index contributed by atoms with van der Waals surface area (Å²) < 4.78 is 0. The van der Waals surface area contributed by atoms with Gasteiger partial charge in [-0.15, -0.1) is 0 Å². The second kappa shape index (κ2) is 586. The number of hydrogen-bond acceptors (Lipinski definition) is 8. The molecule has 0 saturated carbocycles. The van der Waals surface area contributed by atoms with Crippen LogP contribution in [0.5, 0.6) is 0 Å². The van der Waals surface area contributed by atoms with Gasteiger partial charge in [0.1, 0.15) is 0 Å². The Morgan fingerprint density at radius 1 is 0.0625 bits per heavy atom. The van der Waals surface area contributed by atoms with Crippen molar-refractivity contribution in [3.8, 4) is 0 Å². The van der Waals surface area contributed by atoms with Gasteiger partial charge in [-0.1, -0.05) is 0 Å². The zero-order valence-corrected chi connectivity index (χ0v) is 156. The summed E-state index contributed by atoms with van der Waals surface area (Å²) in [7, 11) is 8.00. The average molecular weight is 1360 g/mol. The van der Waals surface area contributed by atoms with Gasteiger partial charge in [0.25, 0.3) is 0 Å². The van der Waals surface area contributed by atoms with Crippen molar-refractivity contribution in [2.45, 2.75) is 0 Å². The van der Waals surface area contributed by atoms with Gasteiger partial charge in [-0.25, -0.2) is 0 Å². The molecule has 0 saturated heterocycles. The van der Waals surface area contributed by atoms with Crippen molar-refractivity contribution < 1.29 is 1460 Å². The predicted octanol–water partition coefficient (Wildman–Crippen LogP) is -147. The Morgan fingerprint density at radius 2 is 0.0625 bits per heavy atom. The Morgan fingerprint density at radius 3 is 0.0625 bits per heavy atom. The first-order valence-electron chi connectivity index (χ1n) is 3.58. The summed E-state index contributed by atoms with van der Waals surface area (Å²) in [5.74, 6) is 0. The molecule has 0 aliphatic rings. The van der Waals surface area contributed by atoms with Crippen LogP contribution in [0.2, 0.25) is 0 Å². The van der Waals surface area contributed by atoms with Crippen LogP contribution in [0.1, 0.15) is 0 Å². The van der Waals surface area contributed by atoms with Crippen LogP contribution in [0.4, 0.5) is 0 Å². The molecule has 0 spiro atoms. The van der Waals surface area contributed by atoms with Crippen molar-refractivity contribution in [3.63, 3.8) is 0 Å². The zero-order valence-electron chi connectivity index (χ0n) is 59.6. The summed E-state index contributed by atoms with van der Waals surface area (Å²) in [6, 6.07) is 0. The van der Waals surface area contributed by atoms with E-state index in [2.05, 4.69) is 0 Å². The van der Waals surface area contributed by atoms with Gasteiger partial charge in [-0.2, -0.15) is 0 Å². The fourth-order valence-corrected chi connectivity index (χ4v) is 0. The molecule has 0 rings (SSSR count). The van der Waals surface area contributed by atoms with Crippen molar-refractivity contribution in [1.82, 2.24) is 0 Å². The molecular weight excluding hydrogens is 1330 g/mol. The Kier molecular flexibility index (Phi) is 4040. The Hall–Kier alpha value is 47.7. The van der Waals surface area contributed by atoms with Gasteiger partial charge in [-0.05, 0) is 0 Å². The fourth-order valence-electron chi connectivity index (χ4n) is 0. The molecule has 0 aromatic heterocycles. The molecule has 0 unspecified atom stereocenters. The molecule has 0 amide bonds. The first-order chi connectivity index (χ1) is 8.00. The van der Waals surface area contributed by atoms with Gasteiger partial charge in [-0.3, -0.25) is 0 Å². The Labute approximate surface area is 1460 Å². The quantitative estimate of drug-likeness (QED) is 0.111. The normalized spacial score (nSPS) is 0.750. The average Bonchev–Trinajstić information content (AvgIpc) is 2.54. The Balaban J connectivity index is -0.000000000191. The molecule has 0 fully saturated rings. The predicted molar refractivity (Wildman–Crippen MR) is 65.1 cm³/mol. The topological polar surface area (TPSA) is 162 Å². The molecule has 8 N–H and O–H groups in total. The van der Waals surface area contributed by atoms with Gasteiger partial charge in [0.05, 0.1) is 0 Å². The summed E-state index contributed by atoms with van der Waals surface area (Å²) in [5.41, 5.74) is 0. The Bertz CT molecular complexity index is 67.9. The maximum absolute atomic E-state index is 7.00. The molecule has 0 aliphatic carbocycles. The second-order valence-electron chi connectivity index (χ2n) is 0. The smallest absolute Gasteiger partial charge is 0.400 e. The summed E-state index contributed by atoms with van der Waals surface area (Å²) in [6.07, 6.45) is 0. The molecule has 56 heteroatoms. The maximum atomic E-state index is 7.00. The minimum Gasteiger partial charge on any atom is -0.400 e. The van der Waals surface area contributed by atoms with E-state index in [0.29, 0.717) is 0 Å². The van der Waals surface area contributed by atoms with Crippen molar-refractivity contribution in [2.75, 3.05) is 56.9 Å². The monoisotopic (exact) mass is 1360 g/mol. The van der Waals surface area contributed by atoms with Gasteiger partial charge in [0.15, 0.2) is 0 Å². The number of rotatable bonds is 0. The minimum absolute atomic E-state index is 0. The van der Waals surface area contributed by atoms with Crippen LogP contribution in [-0.4, -0.2) is 97.7 Å². The van der Waals surface area contributed by atoms with Crippen molar-refractivity contribution in [3.05, 3.63) is 0 Å². The SMILES string of the molecule is CO.CO.CO.CO.CO.CO.CO.CO.[Na+].[Na+].[Na+].[Na+].[Na+].[Na+].[Na+].[Na+].[Na+].[Na+].[Na+].[Na+].[Na+].[Na+].[Na+].[Na+].[Na+].[Na+].[Na+].[Na+].[Na+].[Na+].[Na+].[Na+].[Na+].[Na+].[Na+].[Na+].[Na+].[Na+].[Na+].[Na+].[Na+].[Na+].[Na+].[Na+].[Na+].[Na+].[Na+].[Na+].[Na+].[Na+].[Na+].[Na+].[Na+].[Na+].[Na+].[Na+]. The van der Waals surface area contributed by atoms with E-state index in [4.69, 9.17) is 40.9 Å². The fraction of sp³-hybridized carbons (Fsp3) is 1.00. The molecule has 0 aliphatic heterocycles. The van der Waals surface area contributed by atoms with E-state index in [9.17, 15) is 0 Å². The number of aliphatic hydroxyl groups is 8. The molecule has 0 bridgehead atoms. The van der Waals surface area contributed by atoms with Crippen LogP contribution >= 0.6 is 0 Å². The zero-order chi connectivity index (χ0) is 16.0. The van der Waals surface area contributed by atoms with Crippen LogP contribution in [-0.2, 0) is 0 Å². The summed E-state index contributed by atoms with van der Waals surface area (Å²) in [4.78, 5) is 0. The van der Waals surface area contributed by atoms with Crippen molar-refractivity contribution in [2.24, 2.45) is 0 Å². The molecule has 0 aromatic carbocycles. The van der Waals surface area contributed by atoms with Gasteiger partial charge < -0.3 is 40.9 Å². The summed E-state index contributed by atoms with van der Waals surface area (Å²) >= 11 is 0. The van der Waals surface area contributed by atoms with Gasteiger partial charge in [0, 0.05) is 56.9 Å². The summed E-state index contributed by atoms with van der Waals surface area (Å²) in [5, 5.41) is 56.0. The largest absolute Gasteiger partial charge is 1.00 e. The van der Waals surface area contributed by atoms with Gasteiger partial charge >= 0.3 is 1420 Å². The van der Waals surface area contributed by atoms with E-state index in [1.165, 1.54) is 0 Å². The second-order valence-corrected chi connectivity index (χ2v) is 0.